The summed E-state index contributed by atoms with van der Waals surface area (Å²) < 4.78 is 0.885. The molecular formula is C10H17BrN4. The molecule has 0 saturated heterocycles. The van der Waals surface area contributed by atoms with Crippen LogP contribution in [0.3, 0.4) is 0 Å². The minimum absolute atomic E-state index is 0.315. The summed E-state index contributed by atoms with van der Waals surface area (Å²) in [5.74, 6) is 1.18. The molecule has 0 atom stereocenters. The molecule has 1 aromatic heterocycles. The van der Waals surface area contributed by atoms with E-state index < -0.39 is 0 Å². The summed E-state index contributed by atoms with van der Waals surface area (Å²) in [6.07, 6.45) is 5.32. The van der Waals surface area contributed by atoms with Crippen molar-refractivity contribution in [3.63, 3.8) is 0 Å². The molecule has 0 amide bonds. The van der Waals surface area contributed by atoms with Crippen LogP contribution < -0.4 is 10.6 Å². The van der Waals surface area contributed by atoms with Gasteiger partial charge in [0, 0.05) is 19.8 Å². The van der Waals surface area contributed by atoms with E-state index in [4.69, 9.17) is 5.73 Å². The highest BCUT2D eigenvalue weighted by Crippen LogP contribution is 2.22. The number of hydrogen-bond acceptors (Lipinski definition) is 4. The van der Waals surface area contributed by atoms with Crippen LogP contribution in [-0.4, -0.2) is 23.6 Å². The van der Waals surface area contributed by atoms with Crippen molar-refractivity contribution in [2.24, 2.45) is 0 Å². The van der Waals surface area contributed by atoms with Gasteiger partial charge in [-0.05, 0) is 22.4 Å². The summed E-state index contributed by atoms with van der Waals surface area (Å²) in [5, 5.41) is 0. The SMILES string of the molecule is CCCCCN(C)c1nc(N)ncc1Br. The average molecular weight is 273 g/mol. The molecule has 0 fully saturated rings. The largest absolute Gasteiger partial charge is 0.368 e. The number of anilines is 2. The zero-order valence-corrected chi connectivity index (χ0v) is 10.8. The van der Waals surface area contributed by atoms with Gasteiger partial charge in [0.25, 0.3) is 0 Å². The van der Waals surface area contributed by atoms with Gasteiger partial charge in [-0.15, -0.1) is 0 Å². The van der Waals surface area contributed by atoms with Gasteiger partial charge in [0.05, 0.1) is 4.47 Å². The van der Waals surface area contributed by atoms with Gasteiger partial charge >= 0.3 is 0 Å². The fourth-order valence-electron chi connectivity index (χ4n) is 1.34. The van der Waals surface area contributed by atoms with Gasteiger partial charge in [0.15, 0.2) is 0 Å². The Morgan fingerprint density at radius 2 is 2.20 bits per heavy atom. The number of unbranched alkanes of at least 4 members (excludes halogenated alkanes) is 2. The van der Waals surface area contributed by atoms with Crippen LogP contribution in [0.1, 0.15) is 26.2 Å². The van der Waals surface area contributed by atoms with E-state index in [1.807, 2.05) is 7.05 Å². The van der Waals surface area contributed by atoms with Crippen molar-refractivity contribution in [3.05, 3.63) is 10.7 Å². The van der Waals surface area contributed by atoms with Crippen LogP contribution in [0, 0.1) is 0 Å². The molecule has 0 aliphatic rings. The van der Waals surface area contributed by atoms with Crippen LogP contribution in [-0.2, 0) is 0 Å². The fourth-order valence-corrected chi connectivity index (χ4v) is 1.84. The molecule has 15 heavy (non-hydrogen) atoms. The lowest BCUT2D eigenvalue weighted by atomic mass is 10.2. The van der Waals surface area contributed by atoms with Crippen molar-refractivity contribution < 1.29 is 0 Å². The molecule has 0 aromatic carbocycles. The van der Waals surface area contributed by atoms with Gasteiger partial charge < -0.3 is 10.6 Å². The lowest BCUT2D eigenvalue weighted by Gasteiger charge is -2.19. The van der Waals surface area contributed by atoms with Gasteiger partial charge in [0.2, 0.25) is 5.95 Å². The highest BCUT2D eigenvalue weighted by molar-refractivity contribution is 9.10. The first-order chi connectivity index (χ1) is 7.15. The molecule has 0 bridgehead atoms. The molecule has 0 aliphatic carbocycles. The smallest absolute Gasteiger partial charge is 0.222 e. The molecule has 0 saturated carbocycles. The van der Waals surface area contributed by atoms with Crippen LogP contribution in [0.5, 0.6) is 0 Å². The number of rotatable bonds is 5. The van der Waals surface area contributed by atoms with Crippen LogP contribution >= 0.6 is 15.9 Å². The molecule has 4 nitrogen and oxygen atoms in total. The maximum absolute atomic E-state index is 5.55. The number of hydrogen-bond donors (Lipinski definition) is 1. The Bertz CT molecular complexity index is 316. The molecule has 1 aromatic rings. The summed E-state index contributed by atoms with van der Waals surface area (Å²) in [6.45, 7) is 3.18. The number of halogens is 1. The number of nitrogens with zero attached hydrogens (tertiary/aromatic N) is 3. The van der Waals surface area contributed by atoms with Crippen molar-refractivity contribution in [1.29, 1.82) is 0 Å². The average Bonchev–Trinajstić information content (AvgIpc) is 2.22. The second kappa shape index (κ2) is 5.90. The van der Waals surface area contributed by atoms with Crippen LogP contribution in [0.4, 0.5) is 11.8 Å². The summed E-state index contributed by atoms with van der Waals surface area (Å²) >= 11 is 3.42. The number of aromatic nitrogens is 2. The van der Waals surface area contributed by atoms with Gasteiger partial charge in [0.1, 0.15) is 5.82 Å². The fraction of sp³-hybridized carbons (Fsp3) is 0.600. The van der Waals surface area contributed by atoms with Gasteiger partial charge in [-0.25, -0.2) is 4.98 Å². The van der Waals surface area contributed by atoms with Crippen LogP contribution in [0.15, 0.2) is 10.7 Å². The Morgan fingerprint density at radius 1 is 1.47 bits per heavy atom. The first-order valence-corrected chi connectivity index (χ1v) is 5.93. The summed E-state index contributed by atoms with van der Waals surface area (Å²) in [6, 6.07) is 0. The first-order valence-electron chi connectivity index (χ1n) is 5.14. The lowest BCUT2D eigenvalue weighted by Crippen LogP contribution is -2.20. The summed E-state index contributed by atoms with van der Waals surface area (Å²) in [7, 11) is 2.02. The minimum atomic E-state index is 0.315. The lowest BCUT2D eigenvalue weighted by molar-refractivity contribution is 0.700. The predicted molar refractivity (Wildman–Crippen MR) is 66.9 cm³/mol. The standard InChI is InChI=1S/C10H17BrN4/c1-3-4-5-6-15(2)9-8(11)7-13-10(12)14-9/h7H,3-6H2,1-2H3,(H2,12,13,14). The highest BCUT2D eigenvalue weighted by Gasteiger charge is 2.07. The van der Waals surface area contributed by atoms with Crippen LogP contribution in [0.2, 0.25) is 0 Å². The highest BCUT2D eigenvalue weighted by atomic mass is 79.9. The maximum atomic E-state index is 5.55. The van der Waals surface area contributed by atoms with Crippen LogP contribution in [0.25, 0.3) is 0 Å². The summed E-state index contributed by atoms with van der Waals surface area (Å²) in [4.78, 5) is 10.2. The Kier molecular flexibility index (Phi) is 4.81. The third-order valence-corrected chi connectivity index (χ3v) is 2.76. The molecule has 0 radical (unpaired) electrons. The van der Waals surface area contributed by atoms with E-state index in [2.05, 4.69) is 37.7 Å². The van der Waals surface area contributed by atoms with Crippen molar-refractivity contribution in [2.75, 3.05) is 24.2 Å². The van der Waals surface area contributed by atoms with Crippen molar-refractivity contribution in [3.8, 4) is 0 Å². The zero-order chi connectivity index (χ0) is 11.3. The third kappa shape index (κ3) is 3.66. The van der Waals surface area contributed by atoms with Crippen molar-refractivity contribution in [2.45, 2.75) is 26.2 Å². The monoisotopic (exact) mass is 272 g/mol. The molecule has 1 rings (SSSR count). The normalized spacial score (nSPS) is 10.3. The molecule has 5 heteroatoms. The number of nitrogens with two attached hydrogens (primary N) is 1. The van der Waals surface area contributed by atoms with E-state index in [9.17, 15) is 0 Å². The van der Waals surface area contributed by atoms with Gasteiger partial charge in [-0.1, -0.05) is 19.8 Å². The van der Waals surface area contributed by atoms with Gasteiger partial charge in [-0.3, -0.25) is 0 Å². The Balaban J connectivity index is 2.64. The quantitative estimate of drug-likeness (QED) is 0.837. The zero-order valence-electron chi connectivity index (χ0n) is 9.20. The Labute approximate surface area is 99.0 Å². The molecule has 1 heterocycles. The second-order valence-electron chi connectivity index (χ2n) is 3.53. The van der Waals surface area contributed by atoms with E-state index in [0.717, 1.165) is 16.8 Å². The maximum Gasteiger partial charge on any atom is 0.222 e. The third-order valence-electron chi connectivity index (χ3n) is 2.20. The van der Waals surface area contributed by atoms with Gasteiger partial charge in [-0.2, -0.15) is 4.98 Å². The van der Waals surface area contributed by atoms with E-state index in [0.29, 0.717) is 5.95 Å². The Morgan fingerprint density at radius 3 is 2.87 bits per heavy atom. The molecule has 2 N–H and O–H groups in total. The topological polar surface area (TPSA) is 55.0 Å². The van der Waals surface area contributed by atoms with E-state index in [-0.39, 0.29) is 0 Å². The van der Waals surface area contributed by atoms with Crippen molar-refractivity contribution in [1.82, 2.24) is 9.97 Å². The second-order valence-corrected chi connectivity index (χ2v) is 4.38. The first kappa shape index (κ1) is 12.2. The molecule has 0 spiro atoms. The predicted octanol–water partition coefficient (Wildman–Crippen LogP) is 2.45. The number of nitrogen functional groups attached to an aromatic ring is 1. The van der Waals surface area contributed by atoms with E-state index in [1.54, 1.807) is 6.20 Å². The molecular weight excluding hydrogens is 256 g/mol. The van der Waals surface area contributed by atoms with Crippen molar-refractivity contribution >= 4 is 27.7 Å². The summed E-state index contributed by atoms with van der Waals surface area (Å²) in [5.41, 5.74) is 5.55. The Hall–Kier alpha value is -0.840. The molecule has 0 unspecified atom stereocenters. The molecule has 84 valence electrons. The van der Waals surface area contributed by atoms with E-state index >= 15 is 0 Å². The minimum Gasteiger partial charge on any atom is -0.368 e. The molecule has 0 aliphatic heterocycles. The van der Waals surface area contributed by atoms with E-state index in [1.165, 1.54) is 19.3 Å².